The molecule has 1 unspecified atom stereocenters. The Morgan fingerprint density at radius 1 is 1.20 bits per heavy atom. The molecule has 0 heterocycles. The molecule has 2 aromatic carbocycles. The maximum atomic E-state index is 10.9. The van der Waals surface area contributed by atoms with Crippen LogP contribution >= 0.6 is 27.5 Å². The predicted molar refractivity (Wildman–Crippen MR) is 88.3 cm³/mol. The number of aryl methyl sites for hydroxylation is 1. The molecule has 0 radical (unpaired) electrons. The molecule has 0 saturated heterocycles. The molecule has 2 aromatic rings. The normalized spacial score (nSPS) is 14.1. The summed E-state index contributed by atoms with van der Waals surface area (Å²) in [7, 11) is 0. The van der Waals surface area contributed by atoms with Gasteiger partial charge in [0, 0.05) is 15.1 Å². The summed E-state index contributed by atoms with van der Waals surface area (Å²) in [6.07, 6.45) is 2.10. The van der Waals surface area contributed by atoms with Crippen molar-refractivity contribution in [3.05, 3.63) is 68.7 Å². The lowest BCUT2D eigenvalue weighted by Crippen LogP contribution is -2.23. The van der Waals surface area contributed by atoms with E-state index in [9.17, 15) is 5.11 Å². The molecule has 1 nitrogen and oxygen atoms in total. The van der Waals surface area contributed by atoms with Gasteiger partial charge in [-0.3, -0.25) is 0 Å². The lowest BCUT2D eigenvalue weighted by atomic mass is 9.87. The molecule has 0 spiro atoms. The van der Waals surface area contributed by atoms with Gasteiger partial charge in [0.25, 0.3) is 0 Å². The SMILES string of the molecule is CCCc1cccc(C(C)(O)c2ccc(Br)cc2Cl)c1. The van der Waals surface area contributed by atoms with Crippen molar-refractivity contribution in [2.75, 3.05) is 0 Å². The van der Waals surface area contributed by atoms with Crippen molar-refractivity contribution in [2.45, 2.75) is 32.3 Å². The monoisotopic (exact) mass is 352 g/mol. The number of hydrogen-bond acceptors (Lipinski definition) is 1. The van der Waals surface area contributed by atoms with Crippen molar-refractivity contribution in [2.24, 2.45) is 0 Å². The van der Waals surface area contributed by atoms with Crippen LogP contribution < -0.4 is 0 Å². The van der Waals surface area contributed by atoms with Crippen molar-refractivity contribution in [1.82, 2.24) is 0 Å². The van der Waals surface area contributed by atoms with E-state index in [0.717, 1.165) is 28.4 Å². The quantitative estimate of drug-likeness (QED) is 0.789. The third-order valence-corrected chi connectivity index (χ3v) is 4.29. The first kappa shape index (κ1) is 15.6. The molecule has 2 rings (SSSR count). The Bertz CT molecular complexity index is 608. The van der Waals surface area contributed by atoms with Crippen molar-refractivity contribution >= 4 is 27.5 Å². The summed E-state index contributed by atoms with van der Waals surface area (Å²) < 4.78 is 0.904. The van der Waals surface area contributed by atoms with Crippen LogP contribution in [-0.4, -0.2) is 5.11 Å². The molecular formula is C17H18BrClO. The minimum atomic E-state index is -1.10. The molecule has 0 aromatic heterocycles. The molecule has 20 heavy (non-hydrogen) atoms. The minimum Gasteiger partial charge on any atom is -0.381 e. The van der Waals surface area contributed by atoms with Crippen LogP contribution in [0.4, 0.5) is 0 Å². The lowest BCUT2D eigenvalue weighted by molar-refractivity contribution is 0.102. The van der Waals surface area contributed by atoms with Gasteiger partial charge >= 0.3 is 0 Å². The Hall–Kier alpha value is -0.830. The van der Waals surface area contributed by atoms with Crippen LogP contribution in [0.5, 0.6) is 0 Å². The summed E-state index contributed by atoms with van der Waals surface area (Å²) in [5, 5.41) is 11.5. The Balaban J connectivity index is 2.45. The van der Waals surface area contributed by atoms with Gasteiger partial charge in [0.15, 0.2) is 0 Å². The summed E-state index contributed by atoms with van der Waals surface area (Å²) in [4.78, 5) is 0. The highest BCUT2D eigenvalue weighted by Gasteiger charge is 2.28. The van der Waals surface area contributed by atoms with Crippen LogP contribution in [0.1, 0.15) is 37.0 Å². The number of halogens is 2. The van der Waals surface area contributed by atoms with Gasteiger partial charge in [-0.05, 0) is 36.6 Å². The standard InChI is InChI=1S/C17H18BrClO/c1-3-5-12-6-4-7-13(10-12)17(2,20)15-9-8-14(18)11-16(15)19/h4,6-11,20H,3,5H2,1-2H3. The molecule has 1 N–H and O–H groups in total. The molecule has 0 fully saturated rings. The third kappa shape index (κ3) is 3.25. The molecule has 0 aliphatic carbocycles. The molecule has 1 atom stereocenters. The fraction of sp³-hybridized carbons (Fsp3) is 0.294. The number of rotatable bonds is 4. The molecule has 0 saturated carbocycles. The smallest absolute Gasteiger partial charge is 0.113 e. The highest BCUT2D eigenvalue weighted by Crippen LogP contribution is 2.35. The average molecular weight is 354 g/mol. The van der Waals surface area contributed by atoms with Gasteiger partial charge in [-0.1, -0.05) is 71.2 Å². The average Bonchev–Trinajstić information content (AvgIpc) is 2.39. The molecule has 0 bridgehead atoms. The first-order chi connectivity index (χ1) is 9.45. The molecule has 106 valence electrons. The number of hydrogen-bond donors (Lipinski definition) is 1. The Labute approximate surface area is 133 Å². The molecule has 0 amide bonds. The van der Waals surface area contributed by atoms with Gasteiger partial charge in [-0.2, -0.15) is 0 Å². The highest BCUT2D eigenvalue weighted by molar-refractivity contribution is 9.10. The summed E-state index contributed by atoms with van der Waals surface area (Å²) in [6, 6.07) is 13.6. The molecule has 0 aliphatic rings. The van der Waals surface area contributed by atoms with E-state index in [-0.39, 0.29) is 0 Å². The van der Waals surface area contributed by atoms with E-state index < -0.39 is 5.60 Å². The van der Waals surface area contributed by atoms with Crippen LogP contribution in [0.3, 0.4) is 0 Å². The van der Waals surface area contributed by atoms with Gasteiger partial charge < -0.3 is 5.11 Å². The second kappa shape index (κ2) is 6.30. The summed E-state index contributed by atoms with van der Waals surface area (Å²) in [5.74, 6) is 0. The Morgan fingerprint density at radius 2 is 1.95 bits per heavy atom. The number of benzene rings is 2. The molecular weight excluding hydrogens is 336 g/mol. The van der Waals surface area contributed by atoms with Gasteiger partial charge in [0.2, 0.25) is 0 Å². The fourth-order valence-corrected chi connectivity index (χ4v) is 3.22. The van der Waals surface area contributed by atoms with Crippen LogP contribution in [0.15, 0.2) is 46.9 Å². The zero-order chi connectivity index (χ0) is 14.8. The van der Waals surface area contributed by atoms with Gasteiger partial charge in [0.1, 0.15) is 5.60 Å². The van der Waals surface area contributed by atoms with Gasteiger partial charge in [0.05, 0.1) is 0 Å². The van der Waals surface area contributed by atoms with Crippen LogP contribution in [0.2, 0.25) is 5.02 Å². The van der Waals surface area contributed by atoms with E-state index in [1.807, 2.05) is 24.3 Å². The van der Waals surface area contributed by atoms with Gasteiger partial charge in [-0.15, -0.1) is 0 Å². The van der Waals surface area contributed by atoms with Crippen LogP contribution in [0, 0.1) is 0 Å². The van der Waals surface area contributed by atoms with Crippen molar-refractivity contribution in [3.8, 4) is 0 Å². The summed E-state index contributed by atoms with van der Waals surface area (Å²) in [6.45, 7) is 3.93. The van der Waals surface area contributed by atoms with Crippen LogP contribution in [-0.2, 0) is 12.0 Å². The first-order valence-corrected chi connectivity index (χ1v) is 7.89. The van der Waals surface area contributed by atoms with Crippen molar-refractivity contribution in [1.29, 1.82) is 0 Å². The fourth-order valence-electron chi connectivity index (χ4n) is 2.36. The zero-order valence-electron chi connectivity index (χ0n) is 11.7. The molecule has 3 heteroatoms. The Kier molecular flexibility index (Phi) is 4.90. The summed E-state index contributed by atoms with van der Waals surface area (Å²) >= 11 is 9.66. The molecule has 0 aliphatic heterocycles. The third-order valence-electron chi connectivity index (χ3n) is 3.48. The van der Waals surface area contributed by atoms with E-state index in [1.54, 1.807) is 13.0 Å². The second-order valence-corrected chi connectivity index (χ2v) is 6.47. The lowest BCUT2D eigenvalue weighted by Gasteiger charge is -2.26. The Morgan fingerprint density at radius 3 is 2.60 bits per heavy atom. The van der Waals surface area contributed by atoms with Crippen LogP contribution in [0.25, 0.3) is 0 Å². The maximum Gasteiger partial charge on any atom is 0.113 e. The van der Waals surface area contributed by atoms with E-state index in [4.69, 9.17) is 11.6 Å². The van der Waals surface area contributed by atoms with Gasteiger partial charge in [-0.25, -0.2) is 0 Å². The van der Waals surface area contributed by atoms with E-state index in [2.05, 4.69) is 35.0 Å². The first-order valence-electron chi connectivity index (χ1n) is 6.72. The van der Waals surface area contributed by atoms with E-state index >= 15 is 0 Å². The van der Waals surface area contributed by atoms with Crippen molar-refractivity contribution < 1.29 is 5.11 Å². The minimum absolute atomic E-state index is 0.560. The zero-order valence-corrected chi connectivity index (χ0v) is 14.0. The van der Waals surface area contributed by atoms with E-state index in [0.29, 0.717) is 5.02 Å². The predicted octanol–water partition coefficient (Wildman–Crippen LogP) is 5.31. The van der Waals surface area contributed by atoms with Crippen molar-refractivity contribution in [3.63, 3.8) is 0 Å². The number of aliphatic hydroxyl groups is 1. The summed E-state index contributed by atoms with van der Waals surface area (Å²) in [5.41, 5.74) is 1.73. The topological polar surface area (TPSA) is 20.2 Å². The second-order valence-electron chi connectivity index (χ2n) is 5.15. The maximum absolute atomic E-state index is 10.9. The van der Waals surface area contributed by atoms with E-state index in [1.165, 1.54) is 5.56 Å². The largest absolute Gasteiger partial charge is 0.381 e. The highest BCUT2D eigenvalue weighted by atomic mass is 79.9.